The van der Waals surface area contributed by atoms with Crippen LogP contribution in [0.4, 0.5) is 0 Å². The van der Waals surface area contributed by atoms with Crippen LogP contribution >= 0.6 is 22.6 Å². The van der Waals surface area contributed by atoms with Gasteiger partial charge in [0, 0.05) is 15.2 Å². The molecule has 152 valence electrons. The number of carbonyl (C=O) groups excluding carboxylic acids is 1. The predicted octanol–water partition coefficient (Wildman–Crippen LogP) is 4.17. The second kappa shape index (κ2) is 9.73. The number of aromatic nitrogens is 2. The quantitative estimate of drug-likeness (QED) is 0.426. The van der Waals surface area contributed by atoms with Gasteiger partial charge in [0.2, 0.25) is 11.7 Å². The SMILES string of the molecule is COc1ccc(-c2noc(CN(C(=O)COc3ccc(I)cc3)C(C)C)n2)cc1. The fraction of sp³-hybridized carbons (Fsp3) is 0.286. The average Bonchev–Trinajstić information content (AvgIpc) is 3.20. The van der Waals surface area contributed by atoms with Gasteiger partial charge < -0.3 is 18.9 Å². The van der Waals surface area contributed by atoms with Gasteiger partial charge in [-0.3, -0.25) is 4.79 Å². The van der Waals surface area contributed by atoms with E-state index in [2.05, 4.69) is 32.7 Å². The molecule has 0 saturated carbocycles. The highest BCUT2D eigenvalue weighted by atomic mass is 127. The number of hydrogen-bond donors (Lipinski definition) is 0. The molecule has 0 fully saturated rings. The number of hydrogen-bond acceptors (Lipinski definition) is 6. The van der Waals surface area contributed by atoms with Gasteiger partial charge in [0.1, 0.15) is 18.0 Å². The Bertz CT molecular complexity index is 939. The highest BCUT2D eigenvalue weighted by Crippen LogP contribution is 2.20. The standard InChI is InChI=1S/C21H22IN3O4/c1-14(2)25(20(26)13-28-18-10-6-16(22)7-11-18)12-19-23-21(24-29-19)15-4-8-17(27-3)9-5-15/h4-11,14H,12-13H2,1-3H3. The van der Waals surface area contributed by atoms with Crippen LogP contribution < -0.4 is 9.47 Å². The van der Waals surface area contributed by atoms with Crippen molar-refractivity contribution >= 4 is 28.5 Å². The smallest absolute Gasteiger partial charge is 0.261 e. The summed E-state index contributed by atoms with van der Waals surface area (Å²) in [5.41, 5.74) is 0.810. The molecule has 1 amide bonds. The number of nitrogens with zero attached hydrogens (tertiary/aromatic N) is 3. The fourth-order valence-corrected chi connectivity index (χ4v) is 3.00. The number of benzene rings is 2. The van der Waals surface area contributed by atoms with Crippen LogP contribution in [0.1, 0.15) is 19.7 Å². The zero-order valence-corrected chi connectivity index (χ0v) is 18.6. The van der Waals surface area contributed by atoms with Gasteiger partial charge >= 0.3 is 0 Å². The van der Waals surface area contributed by atoms with Crippen LogP contribution in [0.25, 0.3) is 11.4 Å². The van der Waals surface area contributed by atoms with E-state index in [1.165, 1.54) is 0 Å². The summed E-state index contributed by atoms with van der Waals surface area (Å²) in [6.07, 6.45) is 0. The van der Waals surface area contributed by atoms with Gasteiger partial charge in [0.05, 0.1) is 7.11 Å². The summed E-state index contributed by atoms with van der Waals surface area (Å²) in [5.74, 6) is 2.09. The third kappa shape index (κ3) is 5.69. The van der Waals surface area contributed by atoms with Crippen LogP contribution in [0.15, 0.2) is 53.1 Å². The molecule has 0 aliphatic rings. The lowest BCUT2D eigenvalue weighted by atomic mass is 10.2. The molecule has 0 aliphatic heterocycles. The minimum absolute atomic E-state index is 0.0424. The van der Waals surface area contributed by atoms with E-state index in [1.54, 1.807) is 12.0 Å². The second-order valence-electron chi connectivity index (χ2n) is 6.60. The van der Waals surface area contributed by atoms with Crippen LogP contribution in [0.2, 0.25) is 0 Å². The molecule has 7 nitrogen and oxygen atoms in total. The summed E-state index contributed by atoms with van der Waals surface area (Å²) in [7, 11) is 1.61. The molecule has 0 bridgehead atoms. The first-order valence-electron chi connectivity index (χ1n) is 9.11. The highest BCUT2D eigenvalue weighted by Gasteiger charge is 2.21. The predicted molar refractivity (Wildman–Crippen MR) is 117 cm³/mol. The van der Waals surface area contributed by atoms with E-state index in [0.29, 0.717) is 17.5 Å². The van der Waals surface area contributed by atoms with Crippen molar-refractivity contribution in [3.05, 3.63) is 58.0 Å². The van der Waals surface area contributed by atoms with Gasteiger partial charge in [0.25, 0.3) is 5.91 Å². The van der Waals surface area contributed by atoms with Crippen LogP contribution in [-0.4, -0.2) is 40.7 Å². The molecule has 3 aromatic rings. The molecule has 0 saturated heterocycles. The van der Waals surface area contributed by atoms with Crippen molar-refractivity contribution in [2.45, 2.75) is 26.4 Å². The van der Waals surface area contributed by atoms with Gasteiger partial charge in [0.15, 0.2) is 6.61 Å². The van der Waals surface area contributed by atoms with Crippen molar-refractivity contribution in [3.63, 3.8) is 0 Å². The van der Waals surface area contributed by atoms with Crippen LogP contribution in [-0.2, 0) is 11.3 Å². The monoisotopic (exact) mass is 507 g/mol. The second-order valence-corrected chi connectivity index (χ2v) is 7.84. The summed E-state index contributed by atoms with van der Waals surface area (Å²) in [5, 5.41) is 4.02. The Morgan fingerprint density at radius 1 is 1.10 bits per heavy atom. The third-order valence-corrected chi connectivity index (χ3v) is 4.96. The van der Waals surface area contributed by atoms with Gasteiger partial charge in [-0.05, 0) is 85.0 Å². The van der Waals surface area contributed by atoms with Crippen molar-refractivity contribution < 1.29 is 18.8 Å². The lowest BCUT2D eigenvalue weighted by Gasteiger charge is -2.25. The Labute approximate surface area is 183 Å². The maximum absolute atomic E-state index is 12.7. The molecule has 8 heteroatoms. The molecule has 1 heterocycles. The molecule has 3 rings (SSSR count). The molecule has 1 aromatic heterocycles. The van der Waals surface area contributed by atoms with Gasteiger partial charge in [-0.25, -0.2) is 0 Å². The topological polar surface area (TPSA) is 77.7 Å². The van der Waals surface area contributed by atoms with E-state index in [9.17, 15) is 4.79 Å². The first kappa shape index (κ1) is 21.1. The Morgan fingerprint density at radius 2 is 1.76 bits per heavy atom. The lowest BCUT2D eigenvalue weighted by molar-refractivity contribution is -0.136. The summed E-state index contributed by atoms with van der Waals surface area (Å²) >= 11 is 2.22. The van der Waals surface area contributed by atoms with E-state index in [-0.39, 0.29) is 25.1 Å². The number of amides is 1. The Hall–Kier alpha value is -2.62. The minimum Gasteiger partial charge on any atom is -0.497 e. The Kier molecular flexibility index (Phi) is 7.08. The van der Waals surface area contributed by atoms with E-state index >= 15 is 0 Å². The number of carbonyl (C=O) groups is 1. The number of halogens is 1. The zero-order chi connectivity index (χ0) is 20.8. The first-order chi connectivity index (χ1) is 14.0. The first-order valence-corrected chi connectivity index (χ1v) is 10.2. The molecule has 0 unspecified atom stereocenters. The van der Waals surface area contributed by atoms with E-state index < -0.39 is 0 Å². The molecule has 0 aliphatic carbocycles. The third-order valence-electron chi connectivity index (χ3n) is 4.24. The Balaban J connectivity index is 1.64. The number of rotatable bonds is 8. The largest absolute Gasteiger partial charge is 0.497 e. The van der Waals surface area contributed by atoms with Crippen molar-refractivity contribution in [1.82, 2.24) is 15.0 Å². The number of ether oxygens (including phenoxy) is 2. The van der Waals surface area contributed by atoms with Gasteiger partial charge in [-0.2, -0.15) is 4.98 Å². The number of methoxy groups -OCH3 is 1. The van der Waals surface area contributed by atoms with E-state index in [0.717, 1.165) is 14.9 Å². The summed E-state index contributed by atoms with van der Waals surface area (Å²) in [4.78, 5) is 18.7. The Morgan fingerprint density at radius 3 is 2.38 bits per heavy atom. The van der Waals surface area contributed by atoms with Crippen molar-refractivity contribution in [1.29, 1.82) is 0 Å². The van der Waals surface area contributed by atoms with Crippen molar-refractivity contribution in [2.75, 3.05) is 13.7 Å². The zero-order valence-electron chi connectivity index (χ0n) is 16.5. The summed E-state index contributed by atoms with van der Waals surface area (Å²) < 4.78 is 17.2. The molecular formula is C21H22IN3O4. The van der Waals surface area contributed by atoms with Crippen molar-refractivity contribution in [3.8, 4) is 22.9 Å². The molecule has 0 radical (unpaired) electrons. The molecule has 0 spiro atoms. The lowest BCUT2D eigenvalue weighted by Crippen LogP contribution is -2.39. The molecule has 0 atom stereocenters. The minimum atomic E-state index is -0.150. The van der Waals surface area contributed by atoms with Crippen LogP contribution in [0.3, 0.4) is 0 Å². The maximum Gasteiger partial charge on any atom is 0.261 e. The van der Waals surface area contributed by atoms with Crippen LogP contribution in [0.5, 0.6) is 11.5 Å². The van der Waals surface area contributed by atoms with Gasteiger partial charge in [-0.1, -0.05) is 5.16 Å². The summed E-state index contributed by atoms with van der Waals surface area (Å²) in [6, 6.07) is 14.9. The van der Waals surface area contributed by atoms with Crippen LogP contribution in [0, 0.1) is 3.57 Å². The normalized spacial score (nSPS) is 10.8. The summed E-state index contributed by atoms with van der Waals surface area (Å²) in [6.45, 7) is 4.03. The van der Waals surface area contributed by atoms with E-state index in [4.69, 9.17) is 14.0 Å². The van der Waals surface area contributed by atoms with E-state index in [1.807, 2.05) is 62.4 Å². The molecule has 2 aromatic carbocycles. The van der Waals surface area contributed by atoms with Gasteiger partial charge in [-0.15, -0.1) is 0 Å². The molecule has 29 heavy (non-hydrogen) atoms. The molecule has 0 N–H and O–H groups in total. The van der Waals surface area contributed by atoms with Crippen molar-refractivity contribution in [2.24, 2.45) is 0 Å². The average molecular weight is 507 g/mol. The molecular weight excluding hydrogens is 485 g/mol. The maximum atomic E-state index is 12.7. The fourth-order valence-electron chi connectivity index (χ4n) is 2.64. The highest BCUT2D eigenvalue weighted by molar-refractivity contribution is 14.1.